The van der Waals surface area contributed by atoms with Crippen LogP contribution in [0.15, 0.2) is 23.3 Å². The SMILES string of the molecule is CC(=O)N(C(C)=O)c1nnnn1N=Cc1cc([N+](=O)[O-])ccc1O. The maximum atomic E-state index is 11.5. The van der Waals surface area contributed by atoms with Crippen LogP contribution in [0.1, 0.15) is 19.4 Å². The van der Waals surface area contributed by atoms with Crippen LogP contribution in [0.3, 0.4) is 0 Å². The van der Waals surface area contributed by atoms with Gasteiger partial charge in [-0.2, -0.15) is 5.10 Å². The number of phenols is 1. The fourth-order valence-corrected chi connectivity index (χ4v) is 1.77. The Balaban J connectivity index is 2.40. The van der Waals surface area contributed by atoms with E-state index in [0.29, 0.717) is 4.90 Å². The molecular formula is C12H11N7O5. The third kappa shape index (κ3) is 3.37. The lowest BCUT2D eigenvalue weighted by molar-refractivity contribution is -0.384. The minimum atomic E-state index is -0.632. The van der Waals surface area contributed by atoms with Gasteiger partial charge in [-0.05, 0) is 16.5 Å². The van der Waals surface area contributed by atoms with Crippen LogP contribution in [-0.2, 0) is 9.59 Å². The molecule has 0 aliphatic carbocycles. The molecule has 0 saturated carbocycles. The molecule has 1 heterocycles. The molecule has 0 fully saturated rings. The summed E-state index contributed by atoms with van der Waals surface area (Å²) in [7, 11) is 0. The van der Waals surface area contributed by atoms with Crippen LogP contribution >= 0.6 is 0 Å². The van der Waals surface area contributed by atoms with Gasteiger partial charge in [0, 0.05) is 31.5 Å². The molecular weight excluding hydrogens is 322 g/mol. The van der Waals surface area contributed by atoms with Crippen molar-refractivity contribution in [1.29, 1.82) is 0 Å². The highest BCUT2D eigenvalue weighted by atomic mass is 16.6. The van der Waals surface area contributed by atoms with Crippen molar-refractivity contribution in [2.24, 2.45) is 5.10 Å². The zero-order valence-electron chi connectivity index (χ0n) is 12.5. The van der Waals surface area contributed by atoms with Crippen molar-refractivity contribution in [3.63, 3.8) is 0 Å². The lowest BCUT2D eigenvalue weighted by Crippen LogP contribution is -2.35. The Labute approximate surface area is 134 Å². The highest BCUT2D eigenvalue weighted by Gasteiger charge is 2.23. The minimum absolute atomic E-state index is 0.0304. The summed E-state index contributed by atoms with van der Waals surface area (Å²) >= 11 is 0. The average Bonchev–Trinajstić information content (AvgIpc) is 2.93. The first-order valence-corrected chi connectivity index (χ1v) is 6.42. The number of nitrogens with zero attached hydrogens (tertiary/aromatic N) is 7. The predicted molar refractivity (Wildman–Crippen MR) is 79.4 cm³/mol. The van der Waals surface area contributed by atoms with E-state index in [-0.39, 0.29) is 22.9 Å². The van der Waals surface area contributed by atoms with Crippen molar-refractivity contribution >= 4 is 29.7 Å². The second-order valence-corrected chi connectivity index (χ2v) is 4.49. The predicted octanol–water partition coefficient (Wildman–Crippen LogP) is 0.0685. The molecule has 0 radical (unpaired) electrons. The van der Waals surface area contributed by atoms with E-state index < -0.39 is 16.7 Å². The highest BCUT2D eigenvalue weighted by molar-refractivity contribution is 6.11. The molecule has 1 aromatic heterocycles. The number of amides is 2. The number of imide groups is 1. The standard InChI is InChI=1S/C12H11N7O5/c1-7(20)17(8(2)21)12-14-15-16-18(12)13-6-9-5-10(19(23)24)3-4-11(9)22/h3-6,22H,1-2H3. The first kappa shape index (κ1) is 16.7. The molecule has 2 amide bonds. The summed E-state index contributed by atoms with van der Waals surface area (Å²) in [4.78, 5) is 34.6. The number of carbonyl (C=O) groups excluding carboxylic acids is 2. The van der Waals surface area contributed by atoms with Gasteiger partial charge in [0.1, 0.15) is 5.75 Å². The van der Waals surface area contributed by atoms with Gasteiger partial charge in [-0.15, -0.1) is 0 Å². The average molecular weight is 333 g/mol. The van der Waals surface area contributed by atoms with Gasteiger partial charge in [0.15, 0.2) is 0 Å². The smallest absolute Gasteiger partial charge is 0.281 e. The highest BCUT2D eigenvalue weighted by Crippen LogP contribution is 2.21. The summed E-state index contributed by atoms with van der Waals surface area (Å²) in [5, 5.41) is 34.6. The van der Waals surface area contributed by atoms with Gasteiger partial charge >= 0.3 is 0 Å². The molecule has 24 heavy (non-hydrogen) atoms. The van der Waals surface area contributed by atoms with Crippen LogP contribution in [-0.4, -0.2) is 48.4 Å². The van der Waals surface area contributed by atoms with E-state index >= 15 is 0 Å². The van der Waals surface area contributed by atoms with Gasteiger partial charge in [-0.3, -0.25) is 19.7 Å². The van der Waals surface area contributed by atoms with E-state index in [1.54, 1.807) is 0 Å². The fraction of sp³-hybridized carbons (Fsp3) is 0.167. The van der Waals surface area contributed by atoms with Crippen molar-refractivity contribution < 1.29 is 19.6 Å². The summed E-state index contributed by atoms with van der Waals surface area (Å²) < 4.78 is 0. The van der Waals surface area contributed by atoms with Crippen molar-refractivity contribution in [1.82, 2.24) is 20.3 Å². The number of tetrazole rings is 1. The molecule has 0 spiro atoms. The van der Waals surface area contributed by atoms with Gasteiger partial charge in [-0.1, -0.05) is 9.89 Å². The second-order valence-electron chi connectivity index (χ2n) is 4.49. The minimum Gasteiger partial charge on any atom is -0.507 e. The zero-order chi connectivity index (χ0) is 17.9. The Morgan fingerprint density at radius 2 is 2.04 bits per heavy atom. The number of phenolic OH excluding ortho intramolecular Hbond substituents is 1. The number of rotatable bonds is 4. The van der Waals surface area contributed by atoms with Crippen molar-refractivity contribution in [2.75, 3.05) is 4.90 Å². The van der Waals surface area contributed by atoms with Gasteiger partial charge in [0.05, 0.1) is 11.1 Å². The van der Waals surface area contributed by atoms with E-state index in [9.17, 15) is 24.8 Å². The maximum absolute atomic E-state index is 11.5. The summed E-state index contributed by atoms with van der Waals surface area (Å²) in [6.45, 7) is 2.30. The normalized spacial score (nSPS) is 10.8. The Kier molecular flexibility index (Phi) is 4.58. The summed E-state index contributed by atoms with van der Waals surface area (Å²) in [5.41, 5.74) is -0.219. The van der Waals surface area contributed by atoms with Crippen LogP contribution < -0.4 is 4.90 Å². The topological polar surface area (TPSA) is 157 Å². The Morgan fingerprint density at radius 3 is 2.62 bits per heavy atom. The van der Waals surface area contributed by atoms with Gasteiger partial charge < -0.3 is 5.11 Å². The van der Waals surface area contributed by atoms with Crippen LogP contribution in [0.25, 0.3) is 0 Å². The van der Waals surface area contributed by atoms with E-state index in [1.807, 2.05) is 0 Å². The van der Waals surface area contributed by atoms with Crippen molar-refractivity contribution in [3.05, 3.63) is 33.9 Å². The van der Waals surface area contributed by atoms with Gasteiger partial charge in [-0.25, -0.2) is 4.90 Å². The molecule has 2 aromatic rings. The third-order valence-corrected chi connectivity index (χ3v) is 2.80. The largest absolute Gasteiger partial charge is 0.507 e. The van der Waals surface area contributed by atoms with Crippen molar-refractivity contribution in [2.45, 2.75) is 13.8 Å². The monoisotopic (exact) mass is 333 g/mol. The number of carbonyl (C=O) groups is 2. The number of aromatic nitrogens is 4. The number of aromatic hydroxyl groups is 1. The first-order chi connectivity index (χ1) is 11.3. The molecule has 12 heteroatoms. The van der Waals surface area contributed by atoms with Crippen LogP contribution in [0.4, 0.5) is 11.6 Å². The molecule has 0 unspecified atom stereocenters. The second kappa shape index (κ2) is 6.60. The van der Waals surface area contributed by atoms with Crippen LogP contribution in [0.5, 0.6) is 5.75 Å². The van der Waals surface area contributed by atoms with E-state index in [2.05, 4.69) is 20.6 Å². The maximum Gasteiger partial charge on any atom is 0.281 e. The van der Waals surface area contributed by atoms with E-state index in [4.69, 9.17) is 0 Å². The van der Waals surface area contributed by atoms with E-state index in [1.165, 1.54) is 0 Å². The molecule has 12 nitrogen and oxygen atoms in total. The number of nitro groups is 1. The molecule has 1 aromatic carbocycles. The summed E-state index contributed by atoms with van der Waals surface area (Å²) in [5.74, 6) is -1.75. The van der Waals surface area contributed by atoms with Gasteiger partial charge in [0.25, 0.3) is 11.6 Å². The molecule has 2 rings (SSSR count). The zero-order valence-corrected chi connectivity index (χ0v) is 12.5. The van der Waals surface area contributed by atoms with Crippen molar-refractivity contribution in [3.8, 4) is 5.75 Å². The lowest BCUT2D eigenvalue weighted by atomic mass is 10.2. The number of hydrogen-bond acceptors (Lipinski definition) is 9. The molecule has 0 bridgehead atoms. The Hall–Kier alpha value is -3.70. The lowest BCUT2D eigenvalue weighted by Gasteiger charge is -2.13. The third-order valence-electron chi connectivity index (χ3n) is 2.80. The molecule has 0 aliphatic rings. The number of hydrogen-bond donors (Lipinski definition) is 1. The summed E-state index contributed by atoms with van der Waals surface area (Å²) in [6, 6.07) is 3.36. The Morgan fingerprint density at radius 1 is 1.38 bits per heavy atom. The molecule has 124 valence electrons. The molecule has 0 atom stereocenters. The van der Waals surface area contributed by atoms with Gasteiger partial charge in [0.2, 0.25) is 11.8 Å². The number of anilines is 1. The first-order valence-electron chi connectivity index (χ1n) is 6.42. The molecule has 0 saturated heterocycles. The van der Waals surface area contributed by atoms with Crippen LogP contribution in [0.2, 0.25) is 0 Å². The number of nitro benzene ring substituents is 1. The quantitative estimate of drug-likeness (QED) is 0.467. The van der Waals surface area contributed by atoms with Crippen LogP contribution in [0, 0.1) is 10.1 Å². The number of benzene rings is 1. The molecule has 0 aliphatic heterocycles. The Bertz CT molecular complexity index is 830. The van der Waals surface area contributed by atoms with E-state index in [0.717, 1.165) is 43.1 Å². The summed E-state index contributed by atoms with van der Waals surface area (Å²) in [6.07, 6.45) is 1.06. The fourth-order valence-electron chi connectivity index (χ4n) is 1.77. The number of non-ortho nitro benzene ring substituents is 1. The molecule has 1 N–H and O–H groups in total.